The van der Waals surface area contributed by atoms with Gasteiger partial charge in [-0.3, -0.25) is 4.57 Å². The highest BCUT2D eigenvalue weighted by molar-refractivity contribution is 6.30. The molecule has 1 N–H and O–H groups in total. The molecule has 0 saturated carbocycles. The zero-order valence-electron chi connectivity index (χ0n) is 8.25. The van der Waals surface area contributed by atoms with Gasteiger partial charge in [-0.25, -0.2) is 4.79 Å². The predicted molar refractivity (Wildman–Crippen MR) is 56.4 cm³/mol. The van der Waals surface area contributed by atoms with E-state index in [4.69, 9.17) is 11.6 Å². The fourth-order valence-corrected chi connectivity index (χ4v) is 1.63. The molecule has 0 unspecified atom stereocenters. The summed E-state index contributed by atoms with van der Waals surface area (Å²) in [6.45, 7) is 0. The molecule has 0 saturated heterocycles. The number of alkyl halides is 3. The van der Waals surface area contributed by atoms with E-state index in [1.54, 1.807) is 0 Å². The minimum Gasteiger partial charge on any atom is -0.312 e. The Kier molecular flexibility index (Phi) is 2.74. The normalized spacial score (nSPS) is 11.8. The number of aromatic nitrogens is 2. The van der Waals surface area contributed by atoms with Crippen molar-refractivity contribution in [3.05, 3.63) is 51.7 Å². The number of imidazole rings is 1. The average molecular weight is 263 g/mol. The molecule has 0 aliphatic rings. The second kappa shape index (κ2) is 3.96. The van der Waals surface area contributed by atoms with Gasteiger partial charge in [-0.05, 0) is 18.2 Å². The topological polar surface area (TPSA) is 37.8 Å². The summed E-state index contributed by atoms with van der Waals surface area (Å²) in [5.41, 5.74) is -1.36. The van der Waals surface area contributed by atoms with Crippen molar-refractivity contribution in [3.8, 4) is 5.69 Å². The highest BCUT2D eigenvalue weighted by atomic mass is 35.5. The summed E-state index contributed by atoms with van der Waals surface area (Å²) in [7, 11) is 0. The number of nitrogens with zero attached hydrogens (tertiary/aromatic N) is 1. The average Bonchev–Trinajstić information content (AvgIpc) is 2.62. The van der Waals surface area contributed by atoms with Crippen molar-refractivity contribution in [3.63, 3.8) is 0 Å². The van der Waals surface area contributed by atoms with E-state index >= 15 is 0 Å². The Morgan fingerprint density at radius 2 is 1.94 bits per heavy atom. The molecule has 0 amide bonds. The number of hydrogen-bond acceptors (Lipinski definition) is 1. The minimum atomic E-state index is -4.50. The van der Waals surface area contributed by atoms with E-state index < -0.39 is 17.4 Å². The third kappa shape index (κ3) is 2.36. The first-order chi connectivity index (χ1) is 7.88. The molecule has 7 heteroatoms. The molecule has 1 aromatic carbocycles. The molecule has 0 aliphatic heterocycles. The summed E-state index contributed by atoms with van der Waals surface area (Å²) >= 11 is 5.60. The van der Waals surface area contributed by atoms with Crippen LogP contribution in [0.5, 0.6) is 0 Å². The Labute approximate surface area is 98.5 Å². The van der Waals surface area contributed by atoms with Gasteiger partial charge < -0.3 is 4.98 Å². The molecule has 90 valence electrons. The first kappa shape index (κ1) is 11.8. The summed E-state index contributed by atoms with van der Waals surface area (Å²) in [4.78, 5) is 13.6. The Balaban J connectivity index is 2.61. The van der Waals surface area contributed by atoms with Gasteiger partial charge in [0, 0.05) is 17.4 Å². The van der Waals surface area contributed by atoms with Crippen LogP contribution in [0, 0.1) is 0 Å². The molecular formula is C10H6ClF3N2O. The van der Waals surface area contributed by atoms with Crippen molar-refractivity contribution in [2.45, 2.75) is 6.18 Å². The van der Waals surface area contributed by atoms with Gasteiger partial charge in [-0.1, -0.05) is 11.6 Å². The molecule has 0 atom stereocenters. The van der Waals surface area contributed by atoms with Crippen LogP contribution < -0.4 is 5.69 Å². The van der Waals surface area contributed by atoms with E-state index in [0.717, 1.165) is 16.7 Å². The van der Waals surface area contributed by atoms with E-state index in [1.807, 2.05) is 0 Å². The first-order valence-electron chi connectivity index (χ1n) is 4.52. The fourth-order valence-electron chi connectivity index (χ4n) is 1.40. The maximum absolute atomic E-state index is 12.5. The molecule has 0 aliphatic carbocycles. The van der Waals surface area contributed by atoms with E-state index in [9.17, 15) is 18.0 Å². The van der Waals surface area contributed by atoms with Gasteiger partial charge in [0.05, 0.1) is 11.3 Å². The van der Waals surface area contributed by atoms with Crippen LogP contribution >= 0.6 is 11.6 Å². The molecular weight excluding hydrogens is 257 g/mol. The number of benzene rings is 1. The summed E-state index contributed by atoms with van der Waals surface area (Å²) in [5, 5.41) is -0.0806. The molecule has 0 bridgehead atoms. The van der Waals surface area contributed by atoms with Gasteiger partial charge in [0.2, 0.25) is 0 Å². The number of hydrogen-bond donors (Lipinski definition) is 1. The molecule has 3 nitrogen and oxygen atoms in total. The zero-order chi connectivity index (χ0) is 12.6. The van der Waals surface area contributed by atoms with Crippen LogP contribution in [0.15, 0.2) is 35.4 Å². The largest absolute Gasteiger partial charge is 0.416 e. The van der Waals surface area contributed by atoms with Crippen molar-refractivity contribution in [2.75, 3.05) is 0 Å². The Morgan fingerprint density at radius 1 is 1.24 bits per heavy atom. The lowest BCUT2D eigenvalue weighted by Crippen LogP contribution is -2.15. The van der Waals surface area contributed by atoms with Crippen LogP contribution in [-0.2, 0) is 6.18 Å². The summed E-state index contributed by atoms with van der Waals surface area (Å²) in [5.74, 6) is 0. The molecule has 0 radical (unpaired) electrons. The Morgan fingerprint density at radius 3 is 2.47 bits per heavy atom. The fraction of sp³-hybridized carbons (Fsp3) is 0.100. The maximum atomic E-state index is 12.5. The highest BCUT2D eigenvalue weighted by Crippen LogP contribution is 2.32. The summed E-state index contributed by atoms with van der Waals surface area (Å²) in [6, 6.07) is 2.95. The quantitative estimate of drug-likeness (QED) is 0.843. The van der Waals surface area contributed by atoms with Crippen LogP contribution in [-0.4, -0.2) is 9.55 Å². The van der Waals surface area contributed by atoms with Crippen LogP contribution in [0.1, 0.15) is 5.56 Å². The molecule has 0 spiro atoms. The molecule has 0 fully saturated rings. The Bertz CT molecular complexity index is 600. The van der Waals surface area contributed by atoms with Crippen LogP contribution in [0.4, 0.5) is 13.2 Å². The van der Waals surface area contributed by atoms with Crippen molar-refractivity contribution >= 4 is 11.6 Å². The lowest BCUT2D eigenvalue weighted by Gasteiger charge is -2.09. The number of halogens is 4. The maximum Gasteiger partial charge on any atom is 0.416 e. The minimum absolute atomic E-state index is 0.0658. The number of rotatable bonds is 1. The van der Waals surface area contributed by atoms with Crippen molar-refractivity contribution in [1.29, 1.82) is 0 Å². The standard InChI is InChI=1S/C10H6ClF3N2O/c11-7-3-6(10(12,13)14)4-8(5-7)16-2-1-15-9(16)17/h1-5H,(H,15,17). The summed E-state index contributed by atoms with van der Waals surface area (Å²) in [6.07, 6.45) is -1.84. The smallest absolute Gasteiger partial charge is 0.312 e. The number of H-pyrrole nitrogens is 1. The SMILES string of the molecule is O=c1[nH]ccn1-c1cc(Cl)cc(C(F)(F)F)c1. The van der Waals surface area contributed by atoms with Crippen molar-refractivity contribution < 1.29 is 13.2 Å². The predicted octanol–water partition coefficient (Wildman–Crippen LogP) is 2.84. The van der Waals surface area contributed by atoms with Crippen molar-refractivity contribution in [1.82, 2.24) is 9.55 Å². The molecule has 1 aromatic heterocycles. The molecule has 2 rings (SSSR count). The van der Waals surface area contributed by atoms with Gasteiger partial charge >= 0.3 is 11.9 Å². The van der Waals surface area contributed by atoms with Crippen LogP contribution in [0.3, 0.4) is 0 Å². The third-order valence-electron chi connectivity index (χ3n) is 2.14. The lowest BCUT2D eigenvalue weighted by molar-refractivity contribution is -0.137. The van der Waals surface area contributed by atoms with E-state index in [0.29, 0.717) is 0 Å². The number of nitrogens with one attached hydrogen (secondary N) is 1. The van der Waals surface area contributed by atoms with Gasteiger partial charge in [0.1, 0.15) is 0 Å². The van der Waals surface area contributed by atoms with E-state index in [-0.39, 0.29) is 10.7 Å². The van der Waals surface area contributed by atoms with Crippen LogP contribution in [0.2, 0.25) is 5.02 Å². The Hall–Kier alpha value is -1.69. The molecule has 17 heavy (non-hydrogen) atoms. The number of aromatic amines is 1. The van der Waals surface area contributed by atoms with Gasteiger partial charge in [0.25, 0.3) is 0 Å². The second-order valence-electron chi connectivity index (χ2n) is 3.33. The second-order valence-corrected chi connectivity index (χ2v) is 3.77. The van der Waals surface area contributed by atoms with Gasteiger partial charge in [-0.2, -0.15) is 13.2 Å². The summed E-state index contributed by atoms with van der Waals surface area (Å²) < 4.78 is 38.7. The van der Waals surface area contributed by atoms with E-state index in [2.05, 4.69) is 4.98 Å². The molecule has 2 aromatic rings. The van der Waals surface area contributed by atoms with Gasteiger partial charge in [0.15, 0.2) is 0 Å². The zero-order valence-corrected chi connectivity index (χ0v) is 9.01. The lowest BCUT2D eigenvalue weighted by atomic mass is 10.2. The van der Waals surface area contributed by atoms with Crippen molar-refractivity contribution in [2.24, 2.45) is 0 Å². The third-order valence-corrected chi connectivity index (χ3v) is 2.36. The van der Waals surface area contributed by atoms with Crippen LogP contribution in [0.25, 0.3) is 5.69 Å². The first-order valence-corrected chi connectivity index (χ1v) is 4.90. The monoisotopic (exact) mass is 262 g/mol. The van der Waals surface area contributed by atoms with Gasteiger partial charge in [-0.15, -0.1) is 0 Å². The highest BCUT2D eigenvalue weighted by Gasteiger charge is 2.31. The van der Waals surface area contributed by atoms with E-state index in [1.165, 1.54) is 18.5 Å². The molecule has 1 heterocycles.